The highest BCUT2D eigenvalue weighted by Gasteiger charge is 2.38. The van der Waals surface area contributed by atoms with Gasteiger partial charge in [-0.2, -0.15) is 11.8 Å². The number of aromatic amines is 2. The van der Waals surface area contributed by atoms with Crippen molar-refractivity contribution in [1.29, 1.82) is 0 Å². The largest absolute Gasteiger partial charge is 0.480 e. The van der Waals surface area contributed by atoms with Crippen molar-refractivity contribution in [1.82, 2.24) is 57.1 Å². The van der Waals surface area contributed by atoms with Crippen molar-refractivity contribution in [3.8, 4) is 0 Å². The number of nitrogens with two attached hydrogens (primary N) is 3. The van der Waals surface area contributed by atoms with E-state index in [1.807, 2.05) is 13.8 Å². The molecular formula is C52H72N14O12S. The molecule has 0 unspecified atom stereocenters. The van der Waals surface area contributed by atoms with Crippen LogP contribution < -0.4 is 54.4 Å². The molecule has 428 valence electrons. The predicted octanol–water partition coefficient (Wildman–Crippen LogP) is -0.895. The first-order valence-electron chi connectivity index (χ1n) is 25.5. The molecule has 0 aliphatic rings. The number of aromatic nitrogens is 3. The summed E-state index contributed by atoms with van der Waals surface area (Å²) in [5.74, 6) is -10.2. The highest BCUT2D eigenvalue weighted by Crippen LogP contribution is 2.21. The van der Waals surface area contributed by atoms with E-state index in [4.69, 9.17) is 17.2 Å². The number of carbonyl (C=O) groups excluding carboxylic acids is 10. The van der Waals surface area contributed by atoms with Crippen molar-refractivity contribution in [3.05, 3.63) is 84.1 Å². The van der Waals surface area contributed by atoms with E-state index in [0.29, 0.717) is 38.5 Å². The molecule has 27 heteroatoms. The molecule has 0 saturated heterocycles. The Kier molecular flexibility index (Phi) is 24.5. The molecule has 2 aromatic heterocycles. The van der Waals surface area contributed by atoms with Gasteiger partial charge in [-0.15, -0.1) is 0 Å². The summed E-state index contributed by atoms with van der Waals surface area (Å²) in [7, 11) is 0. The van der Waals surface area contributed by atoms with Gasteiger partial charge in [-0.25, -0.2) is 9.78 Å². The number of amides is 10. The van der Waals surface area contributed by atoms with Crippen LogP contribution in [0.15, 0.2) is 67.3 Å². The molecular weight excluding hydrogens is 1040 g/mol. The minimum absolute atomic E-state index is 0.0424. The average molecular weight is 1120 g/mol. The first-order chi connectivity index (χ1) is 37.4. The number of primary amides is 1. The maximum Gasteiger partial charge on any atom is 0.326 e. The zero-order chi connectivity index (χ0) is 58.5. The normalized spacial score (nSPS) is 13.8. The van der Waals surface area contributed by atoms with Crippen LogP contribution in [0.2, 0.25) is 0 Å². The molecule has 0 bridgehead atoms. The van der Waals surface area contributed by atoms with E-state index >= 15 is 0 Å². The molecule has 0 spiro atoms. The van der Waals surface area contributed by atoms with Gasteiger partial charge >= 0.3 is 5.97 Å². The first-order valence-corrected chi connectivity index (χ1v) is 26.9. The number of nitrogen functional groups attached to an aromatic ring is 1. The summed E-state index contributed by atoms with van der Waals surface area (Å²) in [4.78, 5) is 159. The number of fused-ring (bicyclic) bond motifs is 1. The number of aliphatic carboxylic acids is 1. The summed E-state index contributed by atoms with van der Waals surface area (Å²) >= 11 is 1.41. The lowest BCUT2D eigenvalue weighted by atomic mass is 10.0. The molecule has 26 nitrogen and oxygen atoms in total. The van der Waals surface area contributed by atoms with E-state index in [2.05, 4.69) is 52.2 Å². The Labute approximate surface area is 460 Å². The second kappa shape index (κ2) is 30.6. The molecule has 7 atom stereocenters. The zero-order valence-corrected chi connectivity index (χ0v) is 45.7. The van der Waals surface area contributed by atoms with E-state index in [-0.39, 0.29) is 37.2 Å². The standard InChI is InChI=1S/C52H72N14O12S/c1-27(2)19-37(47(72)62-36(52(77)78)17-18-79-6)63-48(73)39(21-33-24-56-26-59-33)61-42(68)25-58-50(75)44(28(3)4)65-45(70)29(5)60-46(71)38(20-31-23-57-35-10-8-7-9-34(31)35)64-49(74)40(15-16-41(55)67)66(43(69)22-53)51(76)30-11-13-32(54)14-12-30/h7-14,23-24,26-29,36-40,44,57H,15-22,25,53-54H2,1-6H3,(H2,55,67)(H,56,59)(H,58,75)(H,60,71)(H,61,68)(H,62,72)(H,63,73)(H,64,74)(H,65,70)(H,77,78)/t29-,36-,37-,38-,39-,40-,44-/m0/s1. The summed E-state index contributed by atoms with van der Waals surface area (Å²) < 4.78 is 0. The third-order valence-corrected chi connectivity index (χ3v) is 13.1. The van der Waals surface area contributed by atoms with E-state index in [0.717, 1.165) is 0 Å². The number of hydrogen-bond acceptors (Lipinski definition) is 15. The Bertz CT molecular complexity index is 2790. The van der Waals surface area contributed by atoms with Crippen LogP contribution in [-0.4, -0.2) is 157 Å². The van der Waals surface area contributed by atoms with Gasteiger partial charge in [0.2, 0.25) is 53.2 Å². The smallest absolute Gasteiger partial charge is 0.326 e. The molecule has 16 N–H and O–H groups in total. The van der Waals surface area contributed by atoms with Crippen LogP contribution >= 0.6 is 11.8 Å². The maximum atomic E-state index is 14.4. The molecule has 0 saturated carbocycles. The molecule has 4 aromatic rings. The Hall–Kier alpha value is -8.33. The van der Waals surface area contributed by atoms with Crippen LogP contribution in [0.3, 0.4) is 0 Å². The number of hydrogen-bond donors (Lipinski definition) is 13. The Morgan fingerprint density at radius 2 is 1.35 bits per heavy atom. The number of carbonyl (C=O) groups is 11. The van der Waals surface area contributed by atoms with Gasteiger partial charge in [0, 0.05) is 59.5 Å². The molecule has 0 aliphatic heterocycles. The van der Waals surface area contributed by atoms with Crippen LogP contribution in [-0.2, 0) is 60.8 Å². The van der Waals surface area contributed by atoms with Crippen LogP contribution in [0, 0.1) is 11.8 Å². The van der Waals surface area contributed by atoms with Gasteiger partial charge in [-0.1, -0.05) is 45.9 Å². The number of thioether (sulfide) groups is 1. The number of rotatable bonds is 31. The number of para-hydroxylation sites is 1. The number of anilines is 1. The van der Waals surface area contributed by atoms with Crippen LogP contribution in [0.25, 0.3) is 10.9 Å². The molecule has 0 radical (unpaired) electrons. The molecule has 0 aliphatic carbocycles. The SMILES string of the molecule is CSCC[C@H](NC(=O)[C@H](CC(C)C)NC(=O)[C@H](Cc1cnc[nH]1)NC(=O)CNC(=O)[C@@H](NC(=O)[C@H](C)NC(=O)[C@H](Cc1c[nH]c2ccccc12)NC(=O)[C@H](CCC(N)=O)N(C(=O)CN)C(=O)c1ccc(N)cc1)C(C)C)C(=O)O. The van der Waals surface area contributed by atoms with Crippen LogP contribution in [0.1, 0.15) is 81.9 Å². The summed E-state index contributed by atoms with van der Waals surface area (Å²) in [5.41, 5.74) is 18.9. The third kappa shape index (κ3) is 19.3. The van der Waals surface area contributed by atoms with Gasteiger partial charge in [0.1, 0.15) is 42.3 Å². The van der Waals surface area contributed by atoms with Crippen molar-refractivity contribution in [2.75, 3.05) is 30.8 Å². The first kappa shape index (κ1) is 63.2. The average Bonchev–Trinajstić information content (AvgIpc) is 4.10. The molecule has 0 fully saturated rings. The Morgan fingerprint density at radius 3 is 1.96 bits per heavy atom. The van der Waals surface area contributed by atoms with E-state index in [1.165, 1.54) is 55.5 Å². The predicted molar refractivity (Wildman–Crippen MR) is 293 cm³/mol. The van der Waals surface area contributed by atoms with Gasteiger partial charge in [0.25, 0.3) is 5.91 Å². The molecule has 2 aromatic carbocycles. The molecule has 79 heavy (non-hydrogen) atoms. The number of H-pyrrole nitrogens is 2. The van der Waals surface area contributed by atoms with E-state index < -0.39 is 139 Å². The number of nitrogens with zero attached hydrogens (tertiary/aromatic N) is 2. The summed E-state index contributed by atoms with van der Waals surface area (Å²) in [6.07, 6.45) is 5.24. The number of carboxylic acid groups (broad SMARTS) is 1. The van der Waals surface area contributed by atoms with Crippen molar-refractivity contribution in [2.24, 2.45) is 23.3 Å². The second-order valence-corrected chi connectivity index (χ2v) is 20.5. The van der Waals surface area contributed by atoms with Crippen molar-refractivity contribution < 1.29 is 57.8 Å². The fraction of sp³-hybridized carbons (Fsp3) is 0.462. The fourth-order valence-corrected chi connectivity index (χ4v) is 8.70. The van der Waals surface area contributed by atoms with Gasteiger partial charge < -0.3 is 69.5 Å². The van der Waals surface area contributed by atoms with Gasteiger partial charge in [0.15, 0.2) is 0 Å². The lowest BCUT2D eigenvalue weighted by molar-refractivity contribution is -0.142. The highest BCUT2D eigenvalue weighted by molar-refractivity contribution is 7.98. The lowest BCUT2D eigenvalue weighted by Crippen LogP contribution is -2.60. The van der Waals surface area contributed by atoms with Gasteiger partial charge in [-0.05, 0) is 85.9 Å². The summed E-state index contributed by atoms with van der Waals surface area (Å²) in [6.45, 7) is 6.76. The number of imide groups is 1. The summed E-state index contributed by atoms with van der Waals surface area (Å²) in [6, 6.07) is 2.99. The third-order valence-electron chi connectivity index (χ3n) is 12.4. The number of benzene rings is 2. The molecule has 2 heterocycles. The van der Waals surface area contributed by atoms with E-state index in [9.17, 15) is 57.8 Å². The molecule has 4 rings (SSSR count). The fourth-order valence-electron chi connectivity index (χ4n) is 8.23. The second-order valence-electron chi connectivity index (χ2n) is 19.5. The van der Waals surface area contributed by atoms with Crippen molar-refractivity contribution in [2.45, 2.75) is 115 Å². The van der Waals surface area contributed by atoms with Crippen LogP contribution in [0.5, 0.6) is 0 Å². The minimum atomic E-state index is -1.71. The maximum absolute atomic E-state index is 14.4. The zero-order valence-electron chi connectivity index (χ0n) is 44.9. The number of carboxylic acids is 1. The quantitative estimate of drug-likeness (QED) is 0.0272. The Morgan fingerprint density at radius 1 is 0.722 bits per heavy atom. The van der Waals surface area contributed by atoms with Crippen molar-refractivity contribution >= 4 is 93.4 Å². The monoisotopic (exact) mass is 1120 g/mol. The van der Waals surface area contributed by atoms with Crippen molar-refractivity contribution in [3.63, 3.8) is 0 Å². The number of nitrogens with one attached hydrogen (secondary N) is 9. The van der Waals surface area contributed by atoms with E-state index in [1.54, 1.807) is 50.6 Å². The van der Waals surface area contributed by atoms with Gasteiger partial charge in [0.05, 0.1) is 19.4 Å². The summed E-state index contributed by atoms with van der Waals surface area (Å²) in [5, 5.41) is 28.3. The Balaban J connectivity index is 1.51. The topological polar surface area (TPSA) is 418 Å². The number of imidazole rings is 1. The lowest BCUT2D eigenvalue weighted by Gasteiger charge is -2.31. The van der Waals surface area contributed by atoms with Gasteiger partial charge in [-0.3, -0.25) is 52.8 Å². The van der Waals surface area contributed by atoms with Crippen LogP contribution in [0.4, 0.5) is 5.69 Å². The molecule has 10 amide bonds. The highest BCUT2D eigenvalue weighted by atomic mass is 32.2. The minimum Gasteiger partial charge on any atom is -0.480 e.